The molecular weight excluding hydrogens is 332 g/mol. The van der Waals surface area contributed by atoms with E-state index in [4.69, 9.17) is 11.6 Å². The Labute approximate surface area is 143 Å². The number of hydrogen-bond acceptors (Lipinski definition) is 5. The van der Waals surface area contributed by atoms with E-state index in [2.05, 4.69) is 15.6 Å². The van der Waals surface area contributed by atoms with Crippen LogP contribution >= 0.6 is 11.6 Å². The molecule has 0 aliphatic rings. The fraction of sp³-hybridized carbons (Fsp3) is 0.125. The van der Waals surface area contributed by atoms with E-state index < -0.39 is 17.9 Å². The van der Waals surface area contributed by atoms with Crippen molar-refractivity contribution in [2.24, 2.45) is 0 Å². The molecule has 0 saturated carbocycles. The zero-order valence-corrected chi connectivity index (χ0v) is 13.5. The highest BCUT2D eigenvalue weighted by atomic mass is 35.5. The van der Waals surface area contributed by atoms with E-state index in [1.54, 1.807) is 37.3 Å². The lowest BCUT2D eigenvalue weighted by molar-refractivity contribution is -0.121. The van der Waals surface area contributed by atoms with Gasteiger partial charge in [-0.3, -0.25) is 20.2 Å². The van der Waals surface area contributed by atoms with Gasteiger partial charge in [-0.25, -0.2) is 9.78 Å². The van der Waals surface area contributed by atoms with Crippen LogP contribution in [0.2, 0.25) is 5.02 Å². The number of anilines is 2. The highest BCUT2D eigenvalue weighted by Gasteiger charge is 2.17. The standard InChI is InChI=1S/C16H15ClN4O3/c1-10(15(23)21-16(24)19-9-22)11-3-2-4-13(7-11)20-14-6-5-12(17)8-18-14/h2-10H,1H3,(H,18,20)(H2,19,21,22,23,24). The van der Waals surface area contributed by atoms with Crippen LogP contribution in [0, 0.1) is 0 Å². The summed E-state index contributed by atoms with van der Waals surface area (Å²) in [5.41, 5.74) is 1.43. The van der Waals surface area contributed by atoms with Gasteiger partial charge < -0.3 is 5.32 Å². The Bertz CT molecular complexity index is 749. The van der Waals surface area contributed by atoms with Crippen molar-refractivity contribution in [1.29, 1.82) is 0 Å². The Kier molecular flexibility index (Phi) is 5.86. The molecule has 8 heteroatoms. The summed E-state index contributed by atoms with van der Waals surface area (Å²) in [7, 11) is 0. The first-order valence-corrected chi connectivity index (χ1v) is 7.41. The van der Waals surface area contributed by atoms with Gasteiger partial charge >= 0.3 is 6.03 Å². The molecule has 0 fully saturated rings. The van der Waals surface area contributed by atoms with Crippen LogP contribution in [0.15, 0.2) is 42.6 Å². The van der Waals surface area contributed by atoms with Gasteiger partial charge in [0, 0.05) is 11.9 Å². The molecule has 0 aliphatic heterocycles. The molecular formula is C16H15ClN4O3. The van der Waals surface area contributed by atoms with Crippen LogP contribution in [-0.2, 0) is 9.59 Å². The van der Waals surface area contributed by atoms with Gasteiger partial charge in [0.15, 0.2) is 0 Å². The number of carbonyl (C=O) groups is 3. The van der Waals surface area contributed by atoms with Gasteiger partial charge in [-0.2, -0.15) is 0 Å². The molecule has 0 spiro atoms. The molecule has 1 unspecified atom stereocenters. The molecule has 124 valence electrons. The lowest BCUT2D eigenvalue weighted by atomic mass is 10.00. The molecule has 1 heterocycles. The van der Waals surface area contributed by atoms with E-state index in [9.17, 15) is 14.4 Å². The predicted molar refractivity (Wildman–Crippen MR) is 90.1 cm³/mol. The number of nitrogens with one attached hydrogen (secondary N) is 3. The van der Waals surface area contributed by atoms with Gasteiger partial charge in [-0.05, 0) is 36.8 Å². The summed E-state index contributed by atoms with van der Waals surface area (Å²) in [4.78, 5) is 37.5. The number of urea groups is 1. The molecule has 0 radical (unpaired) electrons. The number of rotatable bonds is 5. The Balaban J connectivity index is 2.08. The van der Waals surface area contributed by atoms with Crippen LogP contribution in [0.25, 0.3) is 0 Å². The Morgan fingerprint density at radius 1 is 1.25 bits per heavy atom. The first-order valence-electron chi connectivity index (χ1n) is 7.03. The number of aromatic nitrogens is 1. The summed E-state index contributed by atoms with van der Waals surface area (Å²) < 4.78 is 0. The highest BCUT2D eigenvalue weighted by molar-refractivity contribution is 6.30. The van der Waals surface area contributed by atoms with Crippen molar-refractivity contribution in [2.45, 2.75) is 12.8 Å². The summed E-state index contributed by atoms with van der Waals surface area (Å²) in [6, 6.07) is 9.73. The fourth-order valence-electron chi connectivity index (χ4n) is 1.94. The number of carbonyl (C=O) groups excluding carboxylic acids is 3. The molecule has 0 saturated heterocycles. The summed E-state index contributed by atoms with van der Waals surface area (Å²) in [6.07, 6.45) is 1.73. The summed E-state index contributed by atoms with van der Waals surface area (Å²) in [6.45, 7) is 1.66. The van der Waals surface area contributed by atoms with Gasteiger partial charge in [0.2, 0.25) is 12.3 Å². The SMILES string of the molecule is CC(C(=O)NC(=O)NC=O)c1cccc(Nc2ccc(Cl)cn2)c1. The number of amides is 4. The van der Waals surface area contributed by atoms with Crippen LogP contribution in [0.5, 0.6) is 0 Å². The smallest absolute Gasteiger partial charge is 0.327 e. The van der Waals surface area contributed by atoms with Gasteiger partial charge in [-0.1, -0.05) is 23.7 Å². The quantitative estimate of drug-likeness (QED) is 0.722. The van der Waals surface area contributed by atoms with Crippen molar-refractivity contribution in [3.8, 4) is 0 Å². The van der Waals surface area contributed by atoms with Crippen molar-refractivity contribution in [1.82, 2.24) is 15.6 Å². The van der Waals surface area contributed by atoms with Gasteiger partial charge in [0.05, 0.1) is 10.9 Å². The van der Waals surface area contributed by atoms with Crippen molar-refractivity contribution in [2.75, 3.05) is 5.32 Å². The van der Waals surface area contributed by atoms with Gasteiger partial charge in [0.25, 0.3) is 0 Å². The average Bonchev–Trinajstić information content (AvgIpc) is 2.56. The lowest BCUT2D eigenvalue weighted by Crippen LogP contribution is -2.40. The summed E-state index contributed by atoms with van der Waals surface area (Å²) in [5.74, 6) is -0.488. The third-order valence-electron chi connectivity index (χ3n) is 3.21. The van der Waals surface area contributed by atoms with E-state index in [1.165, 1.54) is 6.20 Å². The number of halogens is 1. The van der Waals surface area contributed by atoms with Crippen molar-refractivity contribution in [3.05, 3.63) is 53.2 Å². The molecule has 0 bridgehead atoms. The van der Waals surface area contributed by atoms with Crippen LogP contribution < -0.4 is 16.0 Å². The molecule has 7 nitrogen and oxygen atoms in total. The monoisotopic (exact) mass is 346 g/mol. The maximum atomic E-state index is 12.0. The van der Waals surface area contributed by atoms with Gasteiger partial charge in [-0.15, -0.1) is 0 Å². The van der Waals surface area contributed by atoms with E-state index in [0.717, 1.165) is 5.69 Å². The molecule has 2 rings (SSSR count). The van der Waals surface area contributed by atoms with Crippen LogP contribution in [0.4, 0.5) is 16.3 Å². The second kappa shape index (κ2) is 8.07. The molecule has 3 N–H and O–H groups in total. The predicted octanol–water partition coefficient (Wildman–Crippen LogP) is 2.56. The topological polar surface area (TPSA) is 100 Å². The summed E-state index contributed by atoms with van der Waals surface area (Å²) >= 11 is 5.79. The van der Waals surface area contributed by atoms with E-state index in [1.807, 2.05) is 11.4 Å². The highest BCUT2D eigenvalue weighted by Crippen LogP contribution is 2.22. The second-order valence-corrected chi connectivity index (χ2v) is 5.35. The number of nitrogens with zero attached hydrogens (tertiary/aromatic N) is 1. The molecule has 24 heavy (non-hydrogen) atoms. The molecule has 0 aliphatic carbocycles. The van der Waals surface area contributed by atoms with Crippen molar-refractivity contribution >= 4 is 41.5 Å². The number of benzene rings is 1. The Morgan fingerprint density at radius 2 is 2.04 bits per heavy atom. The molecule has 2 aromatic rings. The minimum Gasteiger partial charge on any atom is -0.340 e. The van der Waals surface area contributed by atoms with Gasteiger partial charge in [0.1, 0.15) is 5.82 Å². The minimum atomic E-state index is -0.860. The normalized spacial score (nSPS) is 11.2. The fourth-order valence-corrected chi connectivity index (χ4v) is 2.06. The number of hydrogen-bond donors (Lipinski definition) is 3. The molecule has 1 atom stereocenters. The van der Waals surface area contributed by atoms with Crippen LogP contribution in [0.3, 0.4) is 0 Å². The first-order chi connectivity index (χ1) is 11.5. The van der Waals surface area contributed by atoms with E-state index in [0.29, 0.717) is 16.4 Å². The third-order valence-corrected chi connectivity index (χ3v) is 3.43. The first kappa shape index (κ1) is 17.4. The zero-order chi connectivity index (χ0) is 17.5. The van der Waals surface area contributed by atoms with Crippen LogP contribution in [-0.4, -0.2) is 23.3 Å². The maximum absolute atomic E-state index is 12.0. The average molecular weight is 347 g/mol. The third kappa shape index (κ3) is 4.79. The molecule has 1 aromatic carbocycles. The molecule has 4 amide bonds. The number of imide groups is 2. The maximum Gasteiger partial charge on any atom is 0.327 e. The van der Waals surface area contributed by atoms with E-state index in [-0.39, 0.29) is 6.41 Å². The number of pyridine rings is 1. The van der Waals surface area contributed by atoms with Crippen molar-refractivity contribution in [3.63, 3.8) is 0 Å². The second-order valence-electron chi connectivity index (χ2n) is 4.91. The molecule has 1 aromatic heterocycles. The lowest BCUT2D eigenvalue weighted by Gasteiger charge is -2.13. The largest absolute Gasteiger partial charge is 0.340 e. The van der Waals surface area contributed by atoms with Crippen LogP contribution in [0.1, 0.15) is 18.4 Å². The zero-order valence-electron chi connectivity index (χ0n) is 12.7. The van der Waals surface area contributed by atoms with E-state index >= 15 is 0 Å². The van der Waals surface area contributed by atoms with Crippen molar-refractivity contribution < 1.29 is 14.4 Å². The summed E-state index contributed by atoms with van der Waals surface area (Å²) in [5, 5.41) is 7.57. The minimum absolute atomic E-state index is 0.205. The Morgan fingerprint density at radius 3 is 2.71 bits per heavy atom. The Hall–Kier alpha value is -2.93.